The molecule has 0 bridgehead atoms. The summed E-state index contributed by atoms with van der Waals surface area (Å²) in [6, 6.07) is 3.92. The van der Waals surface area contributed by atoms with Gasteiger partial charge in [-0.1, -0.05) is 0 Å². The molecule has 2 heterocycles. The van der Waals surface area contributed by atoms with Gasteiger partial charge in [0.25, 0.3) is 0 Å². The number of benzene rings is 1. The Hall–Kier alpha value is -2.94. The molecule has 0 saturated carbocycles. The molecule has 0 radical (unpaired) electrons. The second-order valence-corrected chi connectivity index (χ2v) is 7.09. The normalized spacial score (nSPS) is 23.8. The minimum Gasteiger partial charge on any atom is -0.463 e. The molecule has 1 saturated heterocycles. The molecule has 0 aliphatic carbocycles. The SMILES string of the molecule is CC(=O)OCC1OC(n2cnc3cc(C)c(C)cc32)C(OC(C)=O)C1OC(C)=O. The lowest BCUT2D eigenvalue weighted by Gasteiger charge is -2.24. The van der Waals surface area contributed by atoms with E-state index in [0.29, 0.717) is 0 Å². The standard InChI is InChI=1S/C20H24N2O7/c1-10-6-15-16(7-11(10)2)22(9-21-15)20-19(28-14(5)25)18(27-13(4)24)17(29-20)8-26-12(3)23/h6-7,9,17-20H,8H2,1-5H3. The van der Waals surface area contributed by atoms with Crippen LogP contribution in [-0.4, -0.2) is 52.4 Å². The van der Waals surface area contributed by atoms with Crippen LogP contribution in [0.2, 0.25) is 0 Å². The van der Waals surface area contributed by atoms with Gasteiger partial charge in [0, 0.05) is 20.8 Å². The molecule has 1 aromatic heterocycles. The van der Waals surface area contributed by atoms with Crippen molar-refractivity contribution in [3.8, 4) is 0 Å². The number of aryl methyl sites for hydroxylation is 2. The van der Waals surface area contributed by atoms with E-state index in [0.717, 1.165) is 22.2 Å². The molecule has 3 rings (SSSR count). The van der Waals surface area contributed by atoms with Crippen LogP contribution >= 0.6 is 0 Å². The van der Waals surface area contributed by atoms with E-state index in [1.807, 2.05) is 26.0 Å². The van der Waals surface area contributed by atoms with Crippen LogP contribution in [0.3, 0.4) is 0 Å². The number of nitrogens with zero attached hydrogens (tertiary/aromatic N) is 2. The largest absolute Gasteiger partial charge is 0.463 e. The monoisotopic (exact) mass is 404 g/mol. The van der Waals surface area contributed by atoms with Crippen molar-refractivity contribution in [1.29, 1.82) is 0 Å². The van der Waals surface area contributed by atoms with Crippen LogP contribution in [0, 0.1) is 13.8 Å². The quantitative estimate of drug-likeness (QED) is 0.550. The number of carbonyl (C=O) groups is 3. The summed E-state index contributed by atoms with van der Waals surface area (Å²) in [6.45, 7) is 7.61. The summed E-state index contributed by atoms with van der Waals surface area (Å²) >= 11 is 0. The van der Waals surface area contributed by atoms with Crippen molar-refractivity contribution in [2.75, 3.05) is 6.61 Å². The van der Waals surface area contributed by atoms with Gasteiger partial charge in [-0.3, -0.25) is 14.4 Å². The summed E-state index contributed by atoms with van der Waals surface area (Å²) in [5.41, 5.74) is 3.70. The summed E-state index contributed by atoms with van der Waals surface area (Å²) in [5, 5.41) is 0. The molecular weight excluding hydrogens is 380 g/mol. The fraction of sp³-hybridized carbons (Fsp3) is 0.500. The molecule has 9 heteroatoms. The average Bonchev–Trinajstić information content (AvgIpc) is 3.14. The number of hydrogen-bond donors (Lipinski definition) is 0. The van der Waals surface area contributed by atoms with Crippen molar-refractivity contribution in [1.82, 2.24) is 9.55 Å². The number of imidazole rings is 1. The van der Waals surface area contributed by atoms with Crippen molar-refractivity contribution in [3.63, 3.8) is 0 Å². The Labute approximate surface area is 167 Å². The summed E-state index contributed by atoms with van der Waals surface area (Å²) < 4.78 is 23.7. The summed E-state index contributed by atoms with van der Waals surface area (Å²) in [7, 11) is 0. The third-order valence-corrected chi connectivity index (χ3v) is 4.80. The Bertz CT molecular complexity index is 952. The van der Waals surface area contributed by atoms with E-state index in [4.69, 9.17) is 18.9 Å². The van der Waals surface area contributed by atoms with Gasteiger partial charge < -0.3 is 23.5 Å². The molecule has 0 amide bonds. The predicted octanol–water partition coefficient (Wildman–Crippen LogP) is 1.98. The first kappa shape index (κ1) is 20.8. The van der Waals surface area contributed by atoms with Gasteiger partial charge >= 0.3 is 17.9 Å². The van der Waals surface area contributed by atoms with Gasteiger partial charge in [0.05, 0.1) is 17.4 Å². The van der Waals surface area contributed by atoms with Crippen LogP contribution in [0.5, 0.6) is 0 Å². The van der Waals surface area contributed by atoms with Crippen LogP contribution in [0.1, 0.15) is 38.1 Å². The van der Waals surface area contributed by atoms with Gasteiger partial charge in [-0.25, -0.2) is 4.98 Å². The van der Waals surface area contributed by atoms with Crippen molar-refractivity contribution in [2.24, 2.45) is 0 Å². The first-order valence-corrected chi connectivity index (χ1v) is 9.24. The molecule has 0 N–H and O–H groups in total. The van der Waals surface area contributed by atoms with Crippen LogP contribution in [0.15, 0.2) is 18.5 Å². The van der Waals surface area contributed by atoms with Crippen LogP contribution in [0.25, 0.3) is 11.0 Å². The minimum absolute atomic E-state index is 0.147. The summed E-state index contributed by atoms with van der Waals surface area (Å²) in [4.78, 5) is 39.1. The zero-order valence-electron chi connectivity index (χ0n) is 17.0. The molecule has 29 heavy (non-hydrogen) atoms. The Kier molecular flexibility index (Phi) is 5.88. The molecular formula is C20H24N2O7. The van der Waals surface area contributed by atoms with Crippen molar-refractivity contribution in [2.45, 2.75) is 59.2 Å². The lowest BCUT2D eigenvalue weighted by atomic mass is 10.1. The van der Waals surface area contributed by atoms with E-state index in [1.165, 1.54) is 20.8 Å². The zero-order chi connectivity index (χ0) is 21.3. The number of rotatable bonds is 5. The number of aromatic nitrogens is 2. The second-order valence-electron chi connectivity index (χ2n) is 7.09. The number of hydrogen-bond acceptors (Lipinski definition) is 8. The average molecular weight is 404 g/mol. The number of fused-ring (bicyclic) bond motifs is 1. The molecule has 156 valence electrons. The van der Waals surface area contributed by atoms with Gasteiger partial charge in [-0.2, -0.15) is 0 Å². The van der Waals surface area contributed by atoms with Crippen LogP contribution in [-0.2, 0) is 33.3 Å². The van der Waals surface area contributed by atoms with Crippen molar-refractivity contribution >= 4 is 28.9 Å². The molecule has 4 unspecified atom stereocenters. The first-order valence-electron chi connectivity index (χ1n) is 9.24. The van der Waals surface area contributed by atoms with E-state index in [2.05, 4.69) is 4.98 Å². The van der Waals surface area contributed by atoms with E-state index in [1.54, 1.807) is 10.9 Å². The first-order chi connectivity index (χ1) is 13.7. The molecule has 1 aliphatic rings. The predicted molar refractivity (Wildman–Crippen MR) is 101 cm³/mol. The van der Waals surface area contributed by atoms with E-state index >= 15 is 0 Å². The molecule has 0 spiro atoms. The Morgan fingerprint density at radius 2 is 1.62 bits per heavy atom. The number of carbonyl (C=O) groups excluding carboxylic acids is 3. The minimum atomic E-state index is -0.940. The fourth-order valence-corrected chi connectivity index (χ4v) is 3.40. The highest BCUT2D eigenvalue weighted by molar-refractivity contribution is 5.77. The molecule has 9 nitrogen and oxygen atoms in total. The third kappa shape index (κ3) is 4.40. The maximum absolute atomic E-state index is 11.8. The number of esters is 3. The zero-order valence-corrected chi connectivity index (χ0v) is 17.0. The van der Waals surface area contributed by atoms with E-state index in [-0.39, 0.29) is 6.61 Å². The Morgan fingerprint density at radius 3 is 2.24 bits per heavy atom. The third-order valence-electron chi connectivity index (χ3n) is 4.80. The molecule has 1 aromatic carbocycles. The van der Waals surface area contributed by atoms with Gasteiger partial charge in [0.1, 0.15) is 12.7 Å². The van der Waals surface area contributed by atoms with Gasteiger partial charge in [-0.15, -0.1) is 0 Å². The Balaban J connectivity index is 2.03. The van der Waals surface area contributed by atoms with Gasteiger partial charge in [0.2, 0.25) is 0 Å². The van der Waals surface area contributed by atoms with Gasteiger partial charge in [0.15, 0.2) is 18.4 Å². The summed E-state index contributed by atoms with van der Waals surface area (Å²) in [5.74, 6) is -1.61. The van der Waals surface area contributed by atoms with E-state index < -0.39 is 42.4 Å². The molecule has 2 aromatic rings. The molecule has 1 fully saturated rings. The van der Waals surface area contributed by atoms with Crippen molar-refractivity contribution < 1.29 is 33.3 Å². The maximum atomic E-state index is 11.8. The highest BCUT2D eigenvalue weighted by atomic mass is 16.7. The van der Waals surface area contributed by atoms with Crippen molar-refractivity contribution in [3.05, 3.63) is 29.6 Å². The summed E-state index contributed by atoms with van der Waals surface area (Å²) in [6.07, 6.45) is -1.90. The van der Waals surface area contributed by atoms with E-state index in [9.17, 15) is 14.4 Å². The van der Waals surface area contributed by atoms with Gasteiger partial charge in [-0.05, 0) is 37.1 Å². The second kappa shape index (κ2) is 8.20. The highest BCUT2D eigenvalue weighted by Crippen LogP contribution is 2.36. The Morgan fingerprint density at radius 1 is 1.00 bits per heavy atom. The topological polar surface area (TPSA) is 106 Å². The van der Waals surface area contributed by atoms with Crippen LogP contribution in [0.4, 0.5) is 0 Å². The maximum Gasteiger partial charge on any atom is 0.303 e. The highest BCUT2D eigenvalue weighted by Gasteiger charge is 2.50. The lowest BCUT2D eigenvalue weighted by molar-refractivity contribution is -0.166. The lowest BCUT2D eigenvalue weighted by Crippen LogP contribution is -2.40. The fourth-order valence-electron chi connectivity index (χ4n) is 3.40. The molecule has 4 atom stereocenters. The number of ether oxygens (including phenoxy) is 4. The van der Waals surface area contributed by atoms with Crippen LogP contribution < -0.4 is 0 Å². The molecule has 1 aliphatic heterocycles. The smallest absolute Gasteiger partial charge is 0.303 e.